The summed E-state index contributed by atoms with van der Waals surface area (Å²) >= 11 is 0. The summed E-state index contributed by atoms with van der Waals surface area (Å²) in [4.78, 5) is 38.0. The van der Waals surface area contributed by atoms with Gasteiger partial charge in [-0.05, 0) is 70.6 Å². The number of unbranched alkanes of at least 4 members (excludes halogenated alkanes) is 45. The Balaban J connectivity index is 3.97. The molecular weight excluding hydrogens is 1010 g/mol. The molecule has 2 atom stereocenters. The van der Waals surface area contributed by atoms with Crippen LogP contribution in [-0.4, -0.2) is 70.0 Å². The number of nitrogens with zero attached hydrogens (tertiary/aromatic N) is 1. The first-order valence-corrected chi connectivity index (χ1v) is 36.2. The van der Waals surface area contributed by atoms with Gasteiger partial charge in [0, 0.05) is 12.8 Å². The lowest BCUT2D eigenvalue weighted by Crippen LogP contribution is -2.37. The highest BCUT2D eigenvalue weighted by molar-refractivity contribution is 7.45. The third-order valence-corrected chi connectivity index (χ3v) is 16.6. The van der Waals surface area contributed by atoms with E-state index in [1.165, 1.54) is 276 Å². The molecule has 0 N–H and O–H groups in total. The van der Waals surface area contributed by atoms with Gasteiger partial charge < -0.3 is 27.9 Å². The zero-order valence-electron chi connectivity index (χ0n) is 53.8. The van der Waals surface area contributed by atoms with Gasteiger partial charge in [0.1, 0.15) is 19.8 Å². The predicted molar refractivity (Wildman–Crippen MR) is 342 cm³/mol. The van der Waals surface area contributed by atoms with Crippen molar-refractivity contribution in [1.29, 1.82) is 0 Å². The molecule has 9 nitrogen and oxygen atoms in total. The second kappa shape index (κ2) is 61.8. The topological polar surface area (TPSA) is 111 Å². The van der Waals surface area contributed by atoms with Crippen molar-refractivity contribution < 1.29 is 42.1 Å². The quantitative estimate of drug-likeness (QED) is 0.0195. The number of hydrogen-bond acceptors (Lipinski definition) is 8. The number of hydrogen-bond donors (Lipinski definition) is 0. The molecule has 0 bridgehead atoms. The molecule has 0 aromatic rings. The monoisotopic (exact) mass is 1150 g/mol. The highest BCUT2D eigenvalue weighted by atomic mass is 31.2. The summed E-state index contributed by atoms with van der Waals surface area (Å²) in [6.07, 6.45) is 78.0. The van der Waals surface area contributed by atoms with Gasteiger partial charge in [0.2, 0.25) is 0 Å². The molecule has 0 aliphatic carbocycles. The summed E-state index contributed by atoms with van der Waals surface area (Å²) in [5, 5.41) is 0. The zero-order chi connectivity index (χ0) is 58.4. The Labute approximate surface area is 497 Å². The number of allylic oxidation sites excluding steroid dienone is 6. The minimum absolute atomic E-state index is 0.0285. The maximum Gasteiger partial charge on any atom is 0.306 e. The van der Waals surface area contributed by atoms with E-state index in [-0.39, 0.29) is 32.0 Å². The Kier molecular flexibility index (Phi) is 60.4. The van der Waals surface area contributed by atoms with Gasteiger partial charge in [-0.25, -0.2) is 0 Å². The van der Waals surface area contributed by atoms with Gasteiger partial charge in [-0.1, -0.05) is 301 Å². The summed E-state index contributed by atoms with van der Waals surface area (Å²) in [6, 6.07) is 0. The lowest BCUT2D eigenvalue weighted by Gasteiger charge is -2.28. The smallest absolute Gasteiger partial charge is 0.306 e. The molecule has 0 spiro atoms. The minimum Gasteiger partial charge on any atom is -0.756 e. The lowest BCUT2D eigenvalue weighted by molar-refractivity contribution is -0.870. The van der Waals surface area contributed by atoms with Crippen molar-refractivity contribution in [1.82, 2.24) is 0 Å². The molecule has 0 heterocycles. The average molecular weight is 1150 g/mol. The van der Waals surface area contributed by atoms with E-state index >= 15 is 0 Å². The first-order chi connectivity index (χ1) is 39.0. The average Bonchev–Trinajstić information content (AvgIpc) is 3.42. The van der Waals surface area contributed by atoms with E-state index in [1.54, 1.807) is 0 Å². The highest BCUT2D eigenvalue weighted by Crippen LogP contribution is 2.38. The van der Waals surface area contributed by atoms with Gasteiger partial charge in [-0.15, -0.1) is 0 Å². The second-order valence-corrected chi connectivity index (χ2v) is 26.3. The van der Waals surface area contributed by atoms with E-state index in [0.717, 1.165) is 38.5 Å². The van der Waals surface area contributed by atoms with Gasteiger partial charge in [0.15, 0.2) is 6.10 Å². The molecule has 0 radical (unpaired) electrons. The van der Waals surface area contributed by atoms with Crippen molar-refractivity contribution in [3.05, 3.63) is 36.5 Å². The molecule has 0 aliphatic rings. The van der Waals surface area contributed by atoms with Crippen LogP contribution < -0.4 is 4.89 Å². The molecule has 80 heavy (non-hydrogen) atoms. The molecular formula is C70H134NO8P. The van der Waals surface area contributed by atoms with Crippen LogP contribution in [0.1, 0.15) is 348 Å². The summed E-state index contributed by atoms with van der Waals surface area (Å²) in [6.45, 7) is 4.29. The number of esters is 2. The fraction of sp³-hybridized carbons (Fsp3) is 0.886. The first kappa shape index (κ1) is 78.2. The molecule has 472 valence electrons. The first-order valence-electron chi connectivity index (χ1n) is 34.7. The highest BCUT2D eigenvalue weighted by Gasteiger charge is 2.22. The summed E-state index contributed by atoms with van der Waals surface area (Å²) < 4.78 is 34.3. The Hall–Kier alpha value is -1.77. The Morgan fingerprint density at radius 2 is 0.675 bits per heavy atom. The lowest BCUT2D eigenvalue weighted by atomic mass is 10.0. The largest absolute Gasteiger partial charge is 0.756 e. The van der Waals surface area contributed by atoms with Crippen LogP contribution in [0.2, 0.25) is 0 Å². The summed E-state index contributed by atoms with van der Waals surface area (Å²) in [5.41, 5.74) is 0. The molecule has 0 saturated heterocycles. The molecule has 0 rings (SSSR count). The normalized spacial score (nSPS) is 13.3. The minimum atomic E-state index is -4.64. The Bertz CT molecular complexity index is 1440. The molecule has 2 unspecified atom stereocenters. The van der Waals surface area contributed by atoms with Gasteiger partial charge in [-0.3, -0.25) is 14.2 Å². The Morgan fingerprint density at radius 1 is 0.388 bits per heavy atom. The van der Waals surface area contributed by atoms with E-state index in [9.17, 15) is 19.0 Å². The number of likely N-dealkylation sites (N-methyl/N-ethyl adjacent to an activating group) is 1. The van der Waals surface area contributed by atoms with Crippen molar-refractivity contribution in [2.45, 2.75) is 354 Å². The van der Waals surface area contributed by atoms with Crippen LogP contribution in [-0.2, 0) is 32.7 Å². The number of carbonyl (C=O) groups is 2. The zero-order valence-corrected chi connectivity index (χ0v) is 54.7. The van der Waals surface area contributed by atoms with Gasteiger partial charge in [-0.2, -0.15) is 0 Å². The fourth-order valence-electron chi connectivity index (χ4n) is 10.3. The third kappa shape index (κ3) is 65.4. The van der Waals surface area contributed by atoms with Crippen molar-refractivity contribution in [2.24, 2.45) is 0 Å². The Morgan fingerprint density at radius 3 is 1.00 bits per heavy atom. The van der Waals surface area contributed by atoms with Gasteiger partial charge >= 0.3 is 11.9 Å². The van der Waals surface area contributed by atoms with Crippen molar-refractivity contribution in [3.8, 4) is 0 Å². The van der Waals surface area contributed by atoms with Crippen LogP contribution in [0.15, 0.2) is 36.5 Å². The van der Waals surface area contributed by atoms with Crippen LogP contribution >= 0.6 is 7.82 Å². The summed E-state index contributed by atoms with van der Waals surface area (Å²) in [5.74, 6) is -0.817. The predicted octanol–water partition coefficient (Wildman–Crippen LogP) is 21.6. The van der Waals surface area contributed by atoms with Gasteiger partial charge in [0.25, 0.3) is 7.82 Å². The second-order valence-electron chi connectivity index (χ2n) is 24.9. The van der Waals surface area contributed by atoms with Crippen molar-refractivity contribution in [3.63, 3.8) is 0 Å². The molecule has 0 aromatic heterocycles. The maximum absolute atomic E-state index is 12.9. The SMILES string of the molecule is CCCCCCC/C=C\C/C=C\CCCCCCCCCCCCCCCCCCCCCCCCCC(=O)OC(COC(=O)CCCCCCCCCCC/C=C\CCCCCCCCCC)COP(=O)([O-])OCC[N+](C)(C)C. The van der Waals surface area contributed by atoms with Crippen LogP contribution in [0.25, 0.3) is 0 Å². The molecule has 0 fully saturated rings. The maximum atomic E-state index is 12.9. The van der Waals surface area contributed by atoms with Crippen LogP contribution in [0, 0.1) is 0 Å². The van der Waals surface area contributed by atoms with Crippen LogP contribution in [0.3, 0.4) is 0 Å². The number of rotatable bonds is 65. The number of ether oxygens (including phenoxy) is 2. The molecule has 10 heteroatoms. The molecule has 0 saturated carbocycles. The number of phosphoric ester groups is 1. The third-order valence-electron chi connectivity index (χ3n) is 15.6. The fourth-order valence-corrected chi connectivity index (χ4v) is 11.0. The van der Waals surface area contributed by atoms with Crippen molar-refractivity contribution >= 4 is 19.8 Å². The van der Waals surface area contributed by atoms with E-state index in [4.69, 9.17) is 18.5 Å². The van der Waals surface area contributed by atoms with Crippen molar-refractivity contribution in [2.75, 3.05) is 47.5 Å². The number of phosphoric acid groups is 1. The van der Waals surface area contributed by atoms with E-state index in [0.29, 0.717) is 17.4 Å². The summed E-state index contributed by atoms with van der Waals surface area (Å²) in [7, 11) is 1.18. The standard InChI is InChI=1S/C70H134NO8P/c1-6-8-10-12-14-16-18-20-22-24-26-28-29-30-31-32-33-34-35-36-37-38-39-40-41-43-45-47-49-51-53-55-57-59-61-63-70(73)79-68(67-78-80(74,75)77-65-64-71(3,4)5)66-76-69(72)62-60-58-56-54-52-50-48-46-44-42-27-25-23-21-19-17-15-13-11-9-7-2/h18,20,24-27,68H,6-17,19,21-23,28-67H2,1-5H3/b20-18-,26-24-,27-25-. The molecule has 0 amide bonds. The van der Waals surface area contributed by atoms with E-state index < -0.39 is 26.5 Å². The van der Waals surface area contributed by atoms with Crippen LogP contribution in [0.5, 0.6) is 0 Å². The number of carbonyl (C=O) groups excluding carboxylic acids is 2. The molecule has 0 aliphatic heterocycles. The number of quaternary nitrogens is 1. The molecule has 0 aromatic carbocycles. The van der Waals surface area contributed by atoms with E-state index in [2.05, 4.69) is 50.3 Å². The van der Waals surface area contributed by atoms with Gasteiger partial charge in [0.05, 0.1) is 27.7 Å². The van der Waals surface area contributed by atoms with Crippen LogP contribution in [0.4, 0.5) is 0 Å². The van der Waals surface area contributed by atoms with E-state index in [1.807, 2.05) is 21.1 Å².